The number of piperazine rings is 1. The van der Waals surface area contributed by atoms with Crippen LogP contribution in [-0.4, -0.2) is 69.7 Å². The molecule has 0 radical (unpaired) electrons. The highest BCUT2D eigenvalue weighted by atomic mass is 32.1. The standard InChI is InChI=1S/C19H26N6O2S/c1-3-8-20-18(26)13-23-9-11-24(12-10-23)14-25-19(28)21-17(22-25)7-6-16-5-4-15(2)27-16/h3-7H,1,8-14H2,2H3,(H,20,26)(H,21,22,28). The van der Waals surface area contributed by atoms with E-state index in [-0.39, 0.29) is 5.91 Å². The van der Waals surface area contributed by atoms with Crippen LogP contribution < -0.4 is 5.32 Å². The fourth-order valence-corrected chi connectivity index (χ4v) is 3.18. The second-order valence-electron chi connectivity index (χ2n) is 6.73. The molecule has 8 nitrogen and oxygen atoms in total. The smallest absolute Gasteiger partial charge is 0.234 e. The molecule has 1 saturated heterocycles. The molecule has 0 spiro atoms. The number of hydrogen-bond donors (Lipinski definition) is 2. The molecule has 2 aromatic rings. The van der Waals surface area contributed by atoms with Crippen LogP contribution in [0.1, 0.15) is 17.3 Å². The molecule has 1 aliphatic rings. The number of aromatic amines is 1. The zero-order valence-electron chi connectivity index (χ0n) is 16.1. The van der Waals surface area contributed by atoms with Gasteiger partial charge in [-0.15, -0.1) is 6.58 Å². The summed E-state index contributed by atoms with van der Waals surface area (Å²) in [7, 11) is 0. The first-order valence-corrected chi connectivity index (χ1v) is 9.68. The second-order valence-corrected chi connectivity index (χ2v) is 7.09. The Morgan fingerprint density at radius 1 is 1.32 bits per heavy atom. The van der Waals surface area contributed by atoms with Crippen LogP contribution in [0.2, 0.25) is 0 Å². The summed E-state index contributed by atoms with van der Waals surface area (Å²) in [5.41, 5.74) is 0. The molecule has 1 aliphatic heterocycles. The number of aromatic nitrogens is 3. The summed E-state index contributed by atoms with van der Waals surface area (Å²) in [6.45, 7) is 10.5. The largest absolute Gasteiger partial charge is 0.462 e. The lowest BCUT2D eigenvalue weighted by atomic mass is 10.3. The van der Waals surface area contributed by atoms with Gasteiger partial charge in [-0.25, -0.2) is 4.68 Å². The van der Waals surface area contributed by atoms with E-state index in [1.165, 1.54) is 0 Å². The van der Waals surface area contributed by atoms with E-state index in [1.54, 1.807) is 6.08 Å². The van der Waals surface area contributed by atoms with E-state index in [0.717, 1.165) is 37.7 Å². The van der Waals surface area contributed by atoms with Crippen molar-refractivity contribution in [2.75, 3.05) is 39.3 Å². The molecule has 0 unspecified atom stereocenters. The average molecular weight is 403 g/mol. The second kappa shape index (κ2) is 9.63. The molecule has 1 fully saturated rings. The van der Waals surface area contributed by atoms with Crippen LogP contribution in [0.3, 0.4) is 0 Å². The highest BCUT2D eigenvalue weighted by Crippen LogP contribution is 2.10. The fraction of sp³-hybridized carbons (Fsp3) is 0.421. The monoisotopic (exact) mass is 402 g/mol. The molecule has 0 aliphatic carbocycles. The Bertz CT molecular complexity index is 888. The molecule has 1 amide bonds. The number of aryl methyl sites for hydroxylation is 1. The summed E-state index contributed by atoms with van der Waals surface area (Å²) in [5, 5.41) is 6.03. The zero-order valence-corrected chi connectivity index (χ0v) is 16.9. The van der Waals surface area contributed by atoms with Crippen LogP contribution in [0, 0.1) is 11.7 Å². The van der Waals surface area contributed by atoms with E-state index in [2.05, 4.69) is 31.8 Å². The molecular weight excluding hydrogens is 376 g/mol. The van der Waals surface area contributed by atoms with Crippen molar-refractivity contribution in [3.8, 4) is 0 Å². The number of nitrogens with zero attached hydrogens (tertiary/aromatic N) is 4. The SMILES string of the molecule is C=CCNC(=O)CN1CCN(Cn2[nH]c(C=Cc3ccc(C)o3)nc2=S)CC1. The molecule has 0 saturated carbocycles. The third-order valence-corrected chi connectivity index (χ3v) is 4.79. The van der Waals surface area contributed by atoms with E-state index in [1.807, 2.05) is 35.9 Å². The van der Waals surface area contributed by atoms with Gasteiger partial charge in [-0.2, -0.15) is 4.98 Å². The predicted molar refractivity (Wildman–Crippen MR) is 111 cm³/mol. The maximum absolute atomic E-state index is 11.8. The highest BCUT2D eigenvalue weighted by Gasteiger charge is 2.19. The van der Waals surface area contributed by atoms with E-state index in [4.69, 9.17) is 16.6 Å². The Labute approximate surface area is 169 Å². The molecule has 3 heterocycles. The molecule has 150 valence electrons. The van der Waals surface area contributed by atoms with Gasteiger partial charge in [-0.05, 0) is 43.4 Å². The van der Waals surface area contributed by atoms with Gasteiger partial charge in [0.2, 0.25) is 10.7 Å². The fourth-order valence-electron chi connectivity index (χ4n) is 2.98. The third kappa shape index (κ3) is 5.75. The minimum Gasteiger partial charge on any atom is -0.462 e. The van der Waals surface area contributed by atoms with Crippen molar-refractivity contribution < 1.29 is 9.21 Å². The first-order chi connectivity index (χ1) is 13.5. The van der Waals surface area contributed by atoms with Crippen LogP contribution in [0.25, 0.3) is 12.2 Å². The summed E-state index contributed by atoms with van der Waals surface area (Å²) in [6.07, 6.45) is 5.40. The summed E-state index contributed by atoms with van der Waals surface area (Å²) < 4.78 is 7.89. The molecule has 2 aromatic heterocycles. The number of rotatable bonds is 8. The maximum Gasteiger partial charge on any atom is 0.234 e. The van der Waals surface area contributed by atoms with Gasteiger partial charge in [0.25, 0.3) is 0 Å². The number of amides is 1. The van der Waals surface area contributed by atoms with Crippen molar-refractivity contribution in [2.45, 2.75) is 13.6 Å². The first kappa shape index (κ1) is 20.2. The van der Waals surface area contributed by atoms with Gasteiger partial charge < -0.3 is 9.73 Å². The van der Waals surface area contributed by atoms with Crippen molar-refractivity contribution in [1.82, 2.24) is 29.9 Å². The van der Waals surface area contributed by atoms with E-state index < -0.39 is 0 Å². The van der Waals surface area contributed by atoms with Gasteiger partial charge in [0, 0.05) is 32.7 Å². The number of furan rings is 1. The quantitative estimate of drug-likeness (QED) is 0.518. The maximum atomic E-state index is 11.8. The number of hydrogen-bond acceptors (Lipinski definition) is 6. The van der Waals surface area contributed by atoms with Crippen molar-refractivity contribution in [3.05, 3.63) is 46.9 Å². The Morgan fingerprint density at radius 2 is 2.07 bits per heavy atom. The number of carbonyl (C=O) groups is 1. The molecule has 9 heteroatoms. The Hall–Kier alpha value is -2.49. The Balaban J connectivity index is 1.49. The van der Waals surface area contributed by atoms with Crippen LogP contribution in [0.4, 0.5) is 0 Å². The van der Waals surface area contributed by atoms with Crippen LogP contribution in [0.5, 0.6) is 0 Å². The van der Waals surface area contributed by atoms with Gasteiger partial charge in [-0.1, -0.05) is 6.08 Å². The summed E-state index contributed by atoms with van der Waals surface area (Å²) in [6, 6.07) is 3.83. The normalized spacial score (nSPS) is 15.9. The van der Waals surface area contributed by atoms with Gasteiger partial charge in [0.1, 0.15) is 17.3 Å². The molecule has 3 rings (SSSR count). The Morgan fingerprint density at radius 3 is 2.75 bits per heavy atom. The van der Waals surface area contributed by atoms with Crippen LogP contribution in [-0.2, 0) is 11.5 Å². The average Bonchev–Trinajstić information content (AvgIpc) is 3.25. The number of H-pyrrole nitrogens is 1. The van der Waals surface area contributed by atoms with Crippen molar-refractivity contribution in [1.29, 1.82) is 0 Å². The van der Waals surface area contributed by atoms with Crippen molar-refractivity contribution in [2.24, 2.45) is 0 Å². The summed E-state index contributed by atoms with van der Waals surface area (Å²) >= 11 is 5.36. The topological polar surface area (TPSA) is 82.3 Å². The van der Waals surface area contributed by atoms with Crippen LogP contribution >= 0.6 is 12.2 Å². The third-order valence-electron chi connectivity index (χ3n) is 4.48. The molecule has 0 atom stereocenters. The minimum absolute atomic E-state index is 0.0346. The van der Waals surface area contributed by atoms with Crippen LogP contribution in [0.15, 0.2) is 29.2 Å². The summed E-state index contributed by atoms with van der Waals surface area (Å²) in [4.78, 5) is 20.6. The zero-order chi connectivity index (χ0) is 19.9. The van der Waals surface area contributed by atoms with E-state index in [9.17, 15) is 4.79 Å². The van der Waals surface area contributed by atoms with Gasteiger partial charge in [0.15, 0.2) is 0 Å². The molecule has 0 bridgehead atoms. The number of nitrogens with one attached hydrogen (secondary N) is 2. The Kier molecular flexibility index (Phi) is 6.96. The van der Waals surface area contributed by atoms with Gasteiger partial charge in [-0.3, -0.25) is 19.7 Å². The highest BCUT2D eigenvalue weighted by molar-refractivity contribution is 7.71. The van der Waals surface area contributed by atoms with Crippen molar-refractivity contribution in [3.63, 3.8) is 0 Å². The predicted octanol–water partition coefficient (Wildman–Crippen LogP) is 1.89. The molecule has 28 heavy (non-hydrogen) atoms. The molecule has 2 N–H and O–H groups in total. The first-order valence-electron chi connectivity index (χ1n) is 9.27. The van der Waals surface area contributed by atoms with E-state index >= 15 is 0 Å². The van der Waals surface area contributed by atoms with Gasteiger partial charge in [0.05, 0.1) is 13.2 Å². The number of carbonyl (C=O) groups excluding carboxylic acids is 1. The lowest BCUT2D eigenvalue weighted by Crippen LogP contribution is -2.49. The van der Waals surface area contributed by atoms with Crippen molar-refractivity contribution >= 4 is 30.3 Å². The molecule has 0 aromatic carbocycles. The minimum atomic E-state index is 0.0346. The van der Waals surface area contributed by atoms with E-state index in [0.29, 0.717) is 30.4 Å². The van der Waals surface area contributed by atoms with Gasteiger partial charge >= 0.3 is 0 Å². The molecular formula is C19H26N6O2S. The lowest BCUT2D eigenvalue weighted by molar-refractivity contribution is -0.122. The summed E-state index contributed by atoms with van der Waals surface area (Å²) in [5.74, 6) is 2.37. The lowest BCUT2D eigenvalue weighted by Gasteiger charge is -2.34.